The van der Waals surface area contributed by atoms with Crippen LogP contribution in [0.4, 0.5) is 28.9 Å². The summed E-state index contributed by atoms with van der Waals surface area (Å²) in [5.41, 5.74) is -0.154. The van der Waals surface area contributed by atoms with E-state index in [4.69, 9.17) is 0 Å². The first-order valence-corrected chi connectivity index (χ1v) is 15.2. The highest BCUT2D eigenvalue weighted by Gasteiger charge is 2.56. The topological polar surface area (TPSA) is 88.5 Å². The van der Waals surface area contributed by atoms with E-state index in [1.165, 1.54) is 22.8 Å². The van der Waals surface area contributed by atoms with Crippen molar-refractivity contribution in [3.05, 3.63) is 109 Å². The molecule has 0 saturated carbocycles. The highest BCUT2D eigenvalue weighted by molar-refractivity contribution is 9.10. The third-order valence-corrected chi connectivity index (χ3v) is 10.3. The van der Waals surface area contributed by atoms with Crippen LogP contribution >= 0.6 is 39.0 Å². The first-order chi connectivity index (χ1) is 20.4. The molecule has 1 saturated heterocycles. The smallest absolute Gasteiger partial charge is 0.325 e. The molecule has 4 aromatic rings. The summed E-state index contributed by atoms with van der Waals surface area (Å²) in [5, 5.41) is 1.77. The predicted octanol–water partition coefficient (Wildman–Crippen LogP) is 6.26. The van der Waals surface area contributed by atoms with Crippen LogP contribution in [0, 0.1) is 11.7 Å². The number of carbonyl (C=O) groups excluding carboxylic acids is 3. The minimum Gasteiger partial charge on any atom is -0.325 e. The van der Waals surface area contributed by atoms with Gasteiger partial charge >= 0.3 is 11.0 Å². The van der Waals surface area contributed by atoms with Crippen LogP contribution in [0.25, 0.3) is 0 Å². The van der Waals surface area contributed by atoms with Gasteiger partial charge in [0.15, 0.2) is 0 Å². The number of nitrogens with one attached hydrogen (secondary N) is 1. The van der Waals surface area contributed by atoms with Gasteiger partial charge in [0.05, 0.1) is 22.2 Å². The molecule has 0 spiro atoms. The molecule has 1 aromatic heterocycles. The number of hydrogen-bond acceptors (Lipinski definition) is 6. The van der Waals surface area contributed by atoms with Crippen molar-refractivity contribution < 1.29 is 31.9 Å². The van der Waals surface area contributed by atoms with Gasteiger partial charge in [-0.3, -0.25) is 23.7 Å². The van der Waals surface area contributed by atoms with Gasteiger partial charge in [-0.15, -0.1) is 0 Å². The highest BCUT2D eigenvalue weighted by Crippen LogP contribution is 2.54. The summed E-state index contributed by atoms with van der Waals surface area (Å²) in [6.07, 6.45) is -4.60. The van der Waals surface area contributed by atoms with Crippen LogP contribution in [0.2, 0.25) is 0 Å². The van der Waals surface area contributed by atoms with Gasteiger partial charge < -0.3 is 5.32 Å². The molecule has 0 radical (unpaired) electrons. The second-order valence-electron chi connectivity index (χ2n) is 9.83. The van der Waals surface area contributed by atoms with Crippen LogP contribution in [-0.2, 0) is 27.1 Å². The number of aromatic nitrogens is 1. The van der Waals surface area contributed by atoms with Crippen LogP contribution in [0.1, 0.15) is 21.9 Å². The fraction of sp³-hybridized carbons (Fsp3) is 0.172. The predicted molar refractivity (Wildman–Crippen MR) is 157 cm³/mol. The second-order valence-corrected chi connectivity index (χ2v) is 12.9. The molecule has 7 nitrogen and oxygen atoms in total. The summed E-state index contributed by atoms with van der Waals surface area (Å²) in [6.45, 7) is -0.526. The maximum absolute atomic E-state index is 13.8. The molecule has 2 unspecified atom stereocenters. The molecule has 0 aliphatic carbocycles. The van der Waals surface area contributed by atoms with Crippen LogP contribution in [0.5, 0.6) is 0 Å². The van der Waals surface area contributed by atoms with Crippen molar-refractivity contribution in [1.82, 2.24) is 4.57 Å². The maximum atomic E-state index is 13.8. The number of alkyl halides is 3. The summed E-state index contributed by atoms with van der Waals surface area (Å²) >= 11 is 5.22. The standard InChI is InChI=1S/C29H18BrF4N3O4S2/c30-16-6-4-14(5-7-16)21-22-23(26(40)37(25(22)39)19-10-8-17(31)9-11-19)42-27-24(21)43-28(41)36(27)13-20(38)35-18-3-1-2-15(12-18)29(32,33)34/h1-12,21-23H,13H2,(H,35,38)/t21-,22?,23?/m1/s1. The average molecular weight is 693 g/mol. The molecule has 43 heavy (non-hydrogen) atoms. The van der Waals surface area contributed by atoms with E-state index in [1.54, 1.807) is 24.3 Å². The molecule has 3 aromatic carbocycles. The maximum Gasteiger partial charge on any atom is 0.416 e. The molecular weight excluding hydrogens is 674 g/mol. The van der Waals surface area contributed by atoms with Gasteiger partial charge in [0, 0.05) is 21.0 Å². The number of carbonyl (C=O) groups is 3. The van der Waals surface area contributed by atoms with Gasteiger partial charge in [-0.05, 0) is 60.2 Å². The SMILES string of the molecule is O=C(Cn1c2c(sc1=O)[C@H](c1ccc(Br)cc1)C1C(=O)N(c3ccc(F)cc3)C(=O)C1S2)Nc1cccc(C(F)(F)F)c1. The van der Waals surface area contributed by atoms with Crippen molar-refractivity contribution in [3.8, 4) is 0 Å². The molecule has 14 heteroatoms. The monoisotopic (exact) mass is 691 g/mol. The molecular formula is C29H18BrF4N3O4S2. The number of hydrogen-bond donors (Lipinski definition) is 1. The Hall–Kier alpha value is -3.75. The number of rotatable bonds is 5. The van der Waals surface area contributed by atoms with Gasteiger partial charge in [-0.2, -0.15) is 13.2 Å². The number of thiazole rings is 1. The zero-order valence-corrected chi connectivity index (χ0v) is 24.8. The van der Waals surface area contributed by atoms with Gasteiger partial charge in [0.25, 0.3) is 0 Å². The Morgan fingerprint density at radius 2 is 1.65 bits per heavy atom. The van der Waals surface area contributed by atoms with Crippen LogP contribution in [0.15, 0.2) is 87.1 Å². The van der Waals surface area contributed by atoms with Gasteiger partial charge in [-0.25, -0.2) is 9.29 Å². The fourth-order valence-electron chi connectivity index (χ4n) is 5.25. The quantitative estimate of drug-likeness (QED) is 0.197. The summed E-state index contributed by atoms with van der Waals surface area (Å²) in [6, 6.07) is 16.2. The van der Waals surface area contributed by atoms with E-state index < -0.39 is 63.8 Å². The summed E-state index contributed by atoms with van der Waals surface area (Å²) < 4.78 is 55.0. The van der Waals surface area contributed by atoms with E-state index in [0.29, 0.717) is 15.5 Å². The van der Waals surface area contributed by atoms with Crippen LogP contribution in [0.3, 0.4) is 0 Å². The van der Waals surface area contributed by atoms with Gasteiger partial charge in [-0.1, -0.05) is 57.2 Å². The Morgan fingerprint density at radius 1 is 0.953 bits per heavy atom. The van der Waals surface area contributed by atoms with E-state index in [9.17, 15) is 36.7 Å². The highest BCUT2D eigenvalue weighted by atomic mass is 79.9. The second kappa shape index (κ2) is 11.1. The Morgan fingerprint density at radius 3 is 2.33 bits per heavy atom. The number of amides is 3. The summed E-state index contributed by atoms with van der Waals surface area (Å²) in [7, 11) is 0. The van der Waals surface area contributed by atoms with E-state index in [0.717, 1.165) is 62.8 Å². The minimum absolute atomic E-state index is 0.0936. The Bertz CT molecular complexity index is 1820. The third-order valence-electron chi connectivity index (χ3n) is 7.14. The zero-order chi connectivity index (χ0) is 30.6. The number of halogens is 5. The van der Waals surface area contributed by atoms with Crippen molar-refractivity contribution in [2.45, 2.75) is 28.9 Å². The lowest BCUT2D eigenvalue weighted by Gasteiger charge is -2.30. The molecule has 2 aliphatic heterocycles. The van der Waals surface area contributed by atoms with Crippen molar-refractivity contribution in [2.75, 3.05) is 10.2 Å². The lowest BCUT2D eigenvalue weighted by Crippen LogP contribution is -2.33. The zero-order valence-electron chi connectivity index (χ0n) is 21.6. The number of imide groups is 1. The van der Waals surface area contributed by atoms with Crippen molar-refractivity contribution in [3.63, 3.8) is 0 Å². The molecule has 0 bridgehead atoms. The summed E-state index contributed by atoms with van der Waals surface area (Å²) in [4.78, 5) is 54.7. The van der Waals surface area contributed by atoms with E-state index in [1.807, 2.05) is 0 Å². The third kappa shape index (κ3) is 5.43. The minimum atomic E-state index is -4.60. The molecule has 3 atom stereocenters. The van der Waals surface area contributed by atoms with Crippen LogP contribution in [-0.4, -0.2) is 27.5 Å². The number of thioether (sulfide) groups is 1. The molecule has 1 fully saturated rings. The molecule has 220 valence electrons. The number of benzene rings is 3. The number of anilines is 2. The molecule has 3 heterocycles. The normalized spacial score (nSPS) is 19.7. The van der Waals surface area contributed by atoms with E-state index in [2.05, 4.69) is 21.2 Å². The van der Waals surface area contributed by atoms with E-state index >= 15 is 0 Å². The fourth-order valence-corrected chi connectivity index (χ4v) is 8.28. The molecule has 2 aliphatic rings. The number of nitrogens with zero attached hydrogens (tertiary/aromatic N) is 2. The molecule has 1 N–H and O–H groups in total. The van der Waals surface area contributed by atoms with Crippen LogP contribution < -0.4 is 15.1 Å². The molecule has 3 amide bonds. The lowest BCUT2D eigenvalue weighted by atomic mass is 9.83. The Labute approximate surface area is 257 Å². The number of fused-ring (bicyclic) bond motifs is 2. The lowest BCUT2D eigenvalue weighted by molar-refractivity contribution is -0.137. The Kier molecular flexibility index (Phi) is 7.55. The summed E-state index contributed by atoms with van der Waals surface area (Å²) in [5.74, 6) is -3.91. The van der Waals surface area contributed by atoms with Gasteiger partial charge in [0.1, 0.15) is 17.6 Å². The Balaban J connectivity index is 1.37. The average Bonchev–Trinajstić information content (AvgIpc) is 3.40. The van der Waals surface area contributed by atoms with Gasteiger partial charge in [0.2, 0.25) is 17.7 Å². The first-order valence-electron chi connectivity index (χ1n) is 12.7. The first kappa shape index (κ1) is 29.3. The molecule has 6 rings (SSSR count). The van der Waals surface area contributed by atoms with Crippen molar-refractivity contribution in [2.24, 2.45) is 5.92 Å². The van der Waals surface area contributed by atoms with Crippen molar-refractivity contribution in [1.29, 1.82) is 0 Å². The van der Waals surface area contributed by atoms with E-state index in [-0.39, 0.29) is 11.4 Å². The van der Waals surface area contributed by atoms with Crippen molar-refractivity contribution >= 4 is 68.1 Å². The largest absolute Gasteiger partial charge is 0.416 e.